The number of halogens is 4. The zero-order valence-corrected chi connectivity index (χ0v) is 17.6. The van der Waals surface area contributed by atoms with E-state index in [0.717, 1.165) is 0 Å². The fourth-order valence-electron chi connectivity index (χ4n) is 4.07. The number of amides is 1. The Labute approximate surface area is 181 Å². The van der Waals surface area contributed by atoms with Crippen LogP contribution in [0.5, 0.6) is 0 Å². The first-order chi connectivity index (χ1) is 15.0. The van der Waals surface area contributed by atoms with Gasteiger partial charge >= 0.3 is 12.1 Å². The van der Waals surface area contributed by atoms with Crippen LogP contribution >= 0.6 is 0 Å². The number of carbonyl (C=O) groups is 1. The third-order valence-corrected chi connectivity index (χ3v) is 7.49. The Morgan fingerprint density at radius 3 is 2.44 bits per heavy atom. The van der Waals surface area contributed by atoms with Crippen molar-refractivity contribution in [2.45, 2.75) is 25.1 Å². The van der Waals surface area contributed by atoms with Crippen LogP contribution in [0.2, 0.25) is 0 Å². The lowest BCUT2D eigenvalue weighted by atomic mass is 9.96. The second-order valence-corrected chi connectivity index (χ2v) is 10.1. The van der Waals surface area contributed by atoms with Gasteiger partial charge in [-0.15, -0.1) is 0 Å². The molecule has 13 heteroatoms. The summed E-state index contributed by atoms with van der Waals surface area (Å²) in [7, 11) is -3.16. The van der Waals surface area contributed by atoms with Crippen molar-refractivity contribution >= 4 is 21.7 Å². The predicted molar refractivity (Wildman–Crippen MR) is 104 cm³/mol. The summed E-state index contributed by atoms with van der Waals surface area (Å²) >= 11 is 0. The minimum Gasteiger partial charge on any atom is -0.334 e. The summed E-state index contributed by atoms with van der Waals surface area (Å²) in [5.74, 6) is -3.33. The second-order valence-electron chi connectivity index (χ2n) is 7.84. The Balaban J connectivity index is 1.60. The monoisotopic (exact) mass is 476 g/mol. The molecule has 0 aliphatic carbocycles. The van der Waals surface area contributed by atoms with Crippen molar-refractivity contribution in [3.63, 3.8) is 0 Å². The Kier molecular flexibility index (Phi) is 5.86. The molecule has 1 unspecified atom stereocenters. The maximum Gasteiger partial charge on any atom is 0.471 e. The van der Waals surface area contributed by atoms with E-state index in [1.54, 1.807) is 6.07 Å². The summed E-state index contributed by atoms with van der Waals surface area (Å²) < 4.78 is 80.8. The molecule has 1 amide bonds. The van der Waals surface area contributed by atoms with Crippen LogP contribution < -0.4 is 4.90 Å². The molecule has 1 aromatic carbocycles. The lowest BCUT2D eigenvalue weighted by molar-refractivity contribution is -0.159. The van der Waals surface area contributed by atoms with Gasteiger partial charge in [0, 0.05) is 31.1 Å². The summed E-state index contributed by atoms with van der Waals surface area (Å²) in [4.78, 5) is 19.5. The molecule has 1 aromatic heterocycles. The number of benzene rings is 1. The highest BCUT2D eigenvalue weighted by atomic mass is 32.2. The number of alkyl halides is 3. The van der Waals surface area contributed by atoms with Crippen molar-refractivity contribution < 1.29 is 35.3 Å². The summed E-state index contributed by atoms with van der Waals surface area (Å²) in [6.45, 7) is 0.143. The molecule has 0 bridgehead atoms. The third-order valence-electron chi connectivity index (χ3n) is 5.77. The largest absolute Gasteiger partial charge is 0.471 e. The summed E-state index contributed by atoms with van der Waals surface area (Å²) in [6, 6.07) is 5.02. The molecule has 0 spiro atoms. The van der Waals surface area contributed by atoms with Gasteiger partial charge in [-0.2, -0.15) is 18.2 Å². The van der Waals surface area contributed by atoms with Crippen LogP contribution in [0.1, 0.15) is 30.3 Å². The second kappa shape index (κ2) is 8.34. The molecule has 3 heterocycles. The van der Waals surface area contributed by atoms with Crippen LogP contribution in [-0.2, 0) is 20.8 Å². The highest BCUT2D eigenvalue weighted by Gasteiger charge is 2.41. The number of hydrogen-bond donors (Lipinski definition) is 0. The molecular weight excluding hydrogens is 456 g/mol. The third kappa shape index (κ3) is 4.57. The lowest BCUT2D eigenvalue weighted by Crippen LogP contribution is -2.53. The molecule has 0 radical (unpaired) electrons. The molecule has 8 nitrogen and oxygen atoms in total. The van der Waals surface area contributed by atoms with Crippen LogP contribution in [-0.4, -0.2) is 60.5 Å². The van der Waals surface area contributed by atoms with Gasteiger partial charge in [0.2, 0.25) is 5.91 Å². The van der Waals surface area contributed by atoms with E-state index in [1.807, 2.05) is 0 Å². The fourth-order valence-corrected chi connectivity index (χ4v) is 5.56. The lowest BCUT2D eigenvalue weighted by Gasteiger charge is -2.43. The first-order valence-corrected chi connectivity index (χ1v) is 11.8. The van der Waals surface area contributed by atoms with Gasteiger partial charge in [0.15, 0.2) is 0 Å². The smallest absolute Gasteiger partial charge is 0.334 e. The Bertz CT molecular complexity index is 1090. The summed E-state index contributed by atoms with van der Waals surface area (Å²) in [5, 5.41) is 3.39. The van der Waals surface area contributed by atoms with Gasteiger partial charge in [0.05, 0.1) is 17.5 Å². The molecule has 32 heavy (non-hydrogen) atoms. The van der Waals surface area contributed by atoms with E-state index in [9.17, 15) is 30.8 Å². The molecule has 2 fully saturated rings. The predicted octanol–water partition coefficient (Wildman–Crippen LogP) is 2.44. The minimum absolute atomic E-state index is 0.0471. The Hall–Kier alpha value is -2.70. The van der Waals surface area contributed by atoms with Crippen LogP contribution in [0.3, 0.4) is 0 Å². The van der Waals surface area contributed by atoms with Crippen LogP contribution in [0.15, 0.2) is 28.8 Å². The molecular formula is C19H20F4N4O4S. The van der Waals surface area contributed by atoms with E-state index >= 15 is 0 Å². The zero-order valence-electron chi connectivity index (χ0n) is 16.8. The van der Waals surface area contributed by atoms with E-state index in [1.165, 1.54) is 28.0 Å². The molecule has 0 N–H and O–H groups in total. The van der Waals surface area contributed by atoms with Crippen molar-refractivity contribution in [2.75, 3.05) is 36.0 Å². The Morgan fingerprint density at radius 2 is 1.81 bits per heavy atom. The topological polar surface area (TPSA) is 96.6 Å². The number of carbonyl (C=O) groups excluding carboxylic acids is 1. The van der Waals surface area contributed by atoms with Gasteiger partial charge in [0.25, 0.3) is 5.95 Å². The first kappa shape index (κ1) is 22.5. The molecule has 2 aliphatic heterocycles. The number of hydrogen-bond acceptors (Lipinski definition) is 7. The van der Waals surface area contributed by atoms with E-state index < -0.39 is 39.7 Å². The fraction of sp³-hybridized carbons (Fsp3) is 0.526. The van der Waals surface area contributed by atoms with Crippen LogP contribution in [0.4, 0.5) is 23.5 Å². The Morgan fingerprint density at radius 1 is 1.12 bits per heavy atom. The molecule has 4 rings (SSSR count). The molecule has 2 aliphatic rings. The quantitative estimate of drug-likeness (QED) is 0.628. The molecule has 2 saturated heterocycles. The highest BCUT2D eigenvalue weighted by molar-refractivity contribution is 7.91. The van der Waals surface area contributed by atoms with Crippen molar-refractivity contribution in [3.05, 3.63) is 41.5 Å². The number of anilines is 1. The number of rotatable bonds is 3. The van der Waals surface area contributed by atoms with Gasteiger partial charge in [0.1, 0.15) is 15.7 Å². The molecule has 174 valence electrons. The summed E-state index contributed by atoms with van der Waals surface area (Å²) in [6.07, 6.45) is -4.42. The number of nitrogens with zero attached hydrogens (tertiary/aromatic N) is 4. The molecule has 2 aromatic rings. The van der Waals surface area contributed by atoms with Gasteiger partial charge in [-0.25, -0.2) is 12.8 Å². The maximum atomic E-state index is 14.6. The normalized spacial score (nSPS) is 22.2. The van der Waals surface area contributed by atoms with Crippen molar-refractivity contribution in [2.24, 2.45) is 5.92 Å². The van der Waals surface area contributed by atoms with Crippen LogP contribution in [0, 0.1) is 11.7 Å². The van der Waals surface area contributed by atoms with E-state index in [2.05, 4.69) is 14.7 Å². The van der Waals surface area contributed by atoms with Crippen LogP contribution in [0.25, 0.3) is 0 Å². The van der Waals surface area contributed by atoms with Crippen molar-refractivity contribution in [1.82, 2.24) is 15.0 Å². The zero-order chi connectivity index (χ0) is 23.1. The van der Waals surface area contributed by atoms with Crippen molar-refractivity contribution in [1.29, 1.82) is 0 Å². The van der Waals surface area contributed by atoms with Gasteiger partial charge in [-0.05, 0) is 24.1 Å². The first-order valence-electron chi connectivity index (χ1n) is 9.96. The van der Waals surface area contributed by atoms with Gasteiger partial charge in [-0.3, -0.25) is 4.79 Å². The van der Waals surface area contributed by atoms with E-state index in [4.69, 9.17) is 0 Å². The number of piperazine rings is 1. The van der Waals surface area contributed by atoms with Gasteiger partial charge in [-0.1, -0.05) is 18.2 Å². The number of aromatic nitrogens is 2. The minimum atomic E-state index is -4.80. The maximum absolute atomic E-state index is 14.6. The highest BCUT2D eigenvalue weighted by Crippen LogP contribution is 2.34. The van der Waals surface area contributed by atoms with E-state index in [0.29, 0.717) is 0 Å². The standard InChI is InChI=1S/C19H20F4N4O4S/c20-14-4-2-1-3-13(14)15-11-26(18-24-17(31-25-18)19(21,22)23)7-8-27(15)16(28)12-5-9-32(29,30)10-6-12/h1-4,12,15H,5-11H2. The molecule has 1 atom stereocenters. The summed E-state index contributed by atoms with van der Waals surface area (Å²) in [5.41, 5.74) is 0.202. The van der Waals surface area contributed by atoms with Gasteiger partial charge < -0.3 is 14.3 Å². The van der Waals surface area contributed by atoms with E-state index in [-0.39, 0.29) is 61.4 Å². The average molecular weight is 476 g/mol. The van der Waals surface area contributed by atoms with Crippen molar-refractivity contribution in [3.8, 4) is 0 Å². The number of sulfone groups is 1. The molecule has 0 saturated carbocycles. The SMILES string of the molecule is O=C(C1CCS(=O)(=O)CC1)N1CCN(c2noc(C(F)(F)F)n2)CC1c1ccccc1F. The average Bonchev–Trinajstić information content (AvgIpc) is 3.24.